The van der Waals surface area contributed by atoms with Crippen molar-refractivity contribution in [3.63, 3.8) is 0 Å². The Morgan fingerprint density at radius 1 is 1.32 bits per heavy atom. The molecule has 3 rings (SSSR count). The van der Waals surface area contributed by atoms with E-state index in [0.717, 1.165) is 41.7 Å². The Hall–Kier alpha value is -1.36. The first-order valence-electron chi connectivity index (χ1n) is 8.32. The maximum Gasteiger partial charge on any atom is 0.254 e. The molecule has 1 aliphatic heterocycles. The van der Waals surface area contributed by atoms with Gasteiger partial charge in [0.15, 0.2) is 0 Å². The van der Waals surface area contributed by atoms with Gasteiger partial charge < -0.3 is 10.6 Å². The molecule has 4 nitrogen and oxygen atoms in total. The van der Waals surface area contributed by atoms with Crippen molar-refractivity contribution in [2.24, 2.45) is 11.1 Å². The third-order valence-electron chi connectivity index (χ3n) is 4.90. The number of likely N-dealkylation sites (tertiary alicyclic amines) is 1. The summed E-state index contributed by atoms with van der Waals surface area (Å²) in [4.78, 5) is 19.7. The van der Waals surface area contributed by atoms with Gasteiger partial charge in [-0.05, 0) is 36.4 Å². The Bertz CT molecular complexity index is 751. The molecule has 1 aromatic heterocycles. The van der Waals surface area contributed by atoms with Crippen molar-refractivity contribution in [1.29, 1.82) is 0 Å². The van der Waals surface area contributed by atoms with E-state index in [4.69, 9.17) is 10.7 Å². The number of pyridine rings is 1. The number of carbonyl (C=O) groups is 1. The zero-order valence-electron chi connectivity index (χ0n) is 15.0. The van der Waals surface area contributed by atoms with Gasteiger partial charge in [-0.3, -0.25) is 9.78 Å². The summed E-state index contributed by atoms with van der Waals surface area (Å²) in [5.74, 6) is 0.390. The van der Waals surface area contributed by atoms with Gasteiger partial charge in [0.2, 0.25) is 0 Å². The summed E-state index contributed by atoms with van der Waals surface area (Å²) in [5, 5.41) is 0.934. The van der Waals surface area contributed by atoms with Crippen LogP contribution in [0.3, 0.4) is 0 Å². The number of carbonyl (C=O) groups excluding carboxylic acids is 1. The fourth-order valence-corrected chi connectivity index (χ4v) is 3.20. The molecule has 1 amide bonds. The van der Waals surface area contributed by atoms with E-state index in [1.807, 2.05) is 35.2 Å². The first-order valence-corrected chi connectivity index (χ1v) is 8.32. The van der Waals surface area contributed by atoms with Crippen molar-refractivity contribution in [1.82, 2.24) is 9.88 Å². The molecule has 1 aromatic carbocycles. The SMILES string of the molecule is CC(C)c1cc(C(=O)N2CCC(C)(CN)C2)c2ccccc2n1.Cl.Cl. The van der Waals surface area contributed by atoms with Crippen LogP contribution in [0, 0.1) is 5.41 Å². The van der Waals surface area contributed by atoms with Crippen LogP contribution in [-0.2, 0) is 0 Å². The molecule has 0 aliphatic carbocycles. The molecular weight excluding hydrogens is 357 g/mol. The number of nitrogens with zero attached hydrogens (tertiary/aromatic N) is 2. The fourth-order valence-electron chi connectivity index (χ4n) is 3.20. The van der Waals surface area contributed by atoms with Crippen molar-refractivity contribution < 1.29 is 4.79 Å². The molecule has 1 unspecified atom stereocenters. The lowest BCUT2D eigenvalue weighted by Gasteiger charge is -2.23. The molecule has 1 saturated heterocycles. The van der Waals surface area contributed by atoms with Crippen LogP contribution in [0.2, 0.25) is 0 Å². The maximum absolute atomic E-state index is 13.1. The van der Waals surface area contributed by atoms with Gasteiger partial charge in [-0.2, -0.15) is 0 Å². The molecule has 0 radical (unpaired) electrons. The Morgan fingerprint density at radius 3 is 2.60 bits per heavy atom. The quantitative estimate of drug-likeness (QED) is 0.870. The van der Waals surface area contributed by atoms with Crippen LogP contribution in [0.1, 0.15) is 49.2 Å². The van der Waals surface area contributed by atoms with Gasteiger partial charge in [-0.25, -0.2) is 0 Å². The summed E-state index contributed by atoms with van der Waals surface area (Å²) in [6, 6.07) is 9.86. The number of halogens is 2. The number of hydrogen-bond acceptors (Lipinski definition) is 3. The average molecular weight is 384 g/mol. The van der Waals surface area contributed by atoms with Crippen LogP contribution in [0.25, 0.3) is 10.9 Å². The number of aromatic nitrogens is 1. The van der Waals surface area contributed by atoms with Gasteiger partial charge >= 0.3 is 0 Å². The van der Waals surface area contributed by atoms with E-state index < -0.39 is 0 Å². The van der Waals surface area contributed by atoms with Crippen LogP contribution < -0.4 is 5.73 Å². The second kappa shape index (κ2) is 8.35. The molecular formula is C19H27Cl2N3O. The molecule has 0 saturated carbocycles. The van der Waals surface area contributed by atoms with E-state index in [1.165, 1.54) is 0 Å². The molecule has 138 valence electrons. The molecule has 1 fully saturated rings. The van der Waals surface area contributed by atoms with Gasteiger partial charge in [0.05, 0.1) is 11.1 Å². The Labute approximate surface area is 162 Å². The normalized spacial score (nSPS) is 19.6. The largest absolute Gasteiger partial charge is 0.338 e. The zero-order valence-corrected chi connectivity index (χ0v) is 16.6. The first-order chi connectivity index (χ1) is 10.9. The highest BCUT2D eigenvalue weighted by molar-refractivity contribution is 6.06. The summed E-state index contributed by atoms with van der Waals surface area (Å²) in [7, 11) is 0. The monoisotopic (exact) mass is 383 g/mol. The molecule has 2 aromatic rings. The minimum atomic E-state index is 0. The van der Waals surface area contributed by atoms with Gasteiger partial charge in [0.25, 0.3) is 5.91 Å². The lowest BCUT2D eigenvalue weighted by Crippen LogP contribution is -2.34. The third-order valence-corrected chi connectivity index (χ3v) is 4.90. The maximum atomic E-state index is 13.1. The van der Waals surface area contributed by atoms with Crippen molar-refractivity contribution in [3.05, 3.63) is 41.6 Å². The summed E-state index contributed by atoms with van der Waals surface area (Å²) in [5.41, 5.74) is 8.54. The highest BCUT2D eigenvalue weighted by Crippen LogP contribution is 2.31. The molecule has 2 heterocycles. The summed E-state index contributed by atoms with van der Waals surface area (Å²) in [6.07, 6.45) is 0.968. The number of benzene rings is 1. The van der Waals surface area contributed by atoms with Crippen molar-refractivity contribution in [2.45, 2.75) is 33.1 Å². The predicted octanol–water partition coefficient (Wildman–Crippen LogP) is 4.01. The predicted molar refractivity (Wildman–Crippen MR) is 108 cm³/mol. The van der Waals surface area contributed by atoms with E-state index in [1.54, 1.807) is 0 Å². The van der Waals surface area contributed by atoms with Crippen LogP contribution in [0.15, 0.2) is 30.3 Å². The van der Waals surface area contributed by atoms with Crippen LogP contribution in [0.5, 0.6) is 0 Å². The third kappa shape index (κ3) is 4.25. The second-order valence-corrected chi connectivity index (χ2v) is 7.26. The molecule has 0 spiro atoms. The first kappa shape index (κ1) is 21.7. The van der Waals surface area contributed by atoms with Gasteiger partial charge in [-0.15, -0.1) is 24.8 Å². The number of para-hydroxylation sites is 1. The molecule has 0 bridgehead atoms. The number of rotatable bonds is 3. The Morgan fingerprint density at radius 2 is 2.00 bits per heavy atom. The molecule has 1 atom stereocenters. The summed E-state index contributed by atoms with van der Waals surface area (Å²) >= 11 is 0. The van der Waals surface area contributed by atoms with E-state index >= 15 is 0 Å². The average Bonchev–Trinajstić information content (AvgIpc) is 2.96. The van der Waals surface area contributed by atoms with Crippen molar-refractivity contribution in [3.8, 4) is 0 Å². The Balaban J connectivity index is 0.00000156. The lowest BCUT2D eigenvalue weighted by molar-refractivity contribution is 0.0778. The lowest BCUT2D eigenvalue weighted by atomic mass is 9.90. The highest BCUT2D eigenvalue weighted by atomic mass is 35.5. The van der Waals surface area contributed by atoms with E-state index in [-0.39, 0.29) is 36.1 Å². The van der Waals surface area contributed by atoms with E-state index in [2.05, 4.69) is 20.8 Å². The highest BCUT2D eigenvalue weighted by Gasteiger charge is 2.35. The van der Waals surface area contributed by atoms with E-state index in [0.29, 0.717) is 12.5 Å². The van der Waals surface area contributed by atoms with Gasteiger partial charge in [0.1, 0.15) is 0 Å². The number of fused-ring (bicyclic) bond motifs is 1. The minimum absolute atomic E-state index is 0. The van der Waals surface area contributed by atoms with Crippen molar-refractivity contribution >= 4 is 41.6 Å². The van der Waals surface area contributed by atoms with Gasteiger partial charge in [0, 0.05) is 24.2 Å². The zero-order chi connectivity index (χ0) is 16.6. The van der Waals surface area contributed by atoms with Crippen LogP contribution in [-0.4, -0.2) is 35.4 Å². The topological polar surface area (TPSA) is 59.2 Å². The van der Waals surface area contributed by atoms with Gasteiger partial charge in [-0.1, -0.05) is 39.0 Å². The number of nitrogens with two attached hydrogens (primary N) is 1. The molecule has 1 aliphatic rings. The Kier molecular flexibility index (Phi) is 7.24. The van der Waals surface area contributed by atoms with Crippen molar-refractivity contribution in [2.75, 3.05) is 19.6 Å². The summed E-state index contributed by atoms with van der Waals surface area (Å²) < 4.78 is 0. The van der Waals surface area contributed by atoms with E-state index in [9.17, 15) is 4.79 Å². The molecule has 25 heavy (non-hydrogen) atoms. The summed E-state index contributed by atoms with van der Waals surface area (Å²) in [6.45, 7) is 8.49. The number of hydrogen-bond donors (Lipinski definition) is 1. The smallest absolute Gasteiger partial charge is 0.254 e. The molecule has 6 heteroatoms. The fraction of sp³-hybridized carbons (Fsp3) is 0.474. The number of amides is 1. The second-order valence-electron chi connectivity index (χ2n) is 7.26. The van der Waals surface area contributed by atoms with Crippen LogP contribution in [0.4, 0.5) is 0 Å². The minimum Gasteiger partial charge on any atom is -0.338 e. The standard InChI is InChI=1S/C19H25N3O.2ClH/c1-13(2)17-10-15(14-6-4-5-7-16(14)21-17)18(23)22-9-8-19(3,11-20)12-22;;/h4-7,10,13H,8-9,11-12,20H2,1-3H3;2*1H. The molecule has 2 N–H and O–H groups in total. The van der Waals surface area contributed by atoms with Crippen LogP contribution >= 0.6 is 24.8 Å².